The van der Waals surface area contributed by atoms with Gasteiger partial charge in [-0.1, -0.05) is 38.3 Å². The first kappa shape index (κ1) is 25.4. The van der Waals surface area contributed by atoms with Gasteiger partial charge in [-0.15, -0.1) is 13.2 Å². The SMILES string of the molecule is C=CCC(O)C(=O)OCCCCC.C=CCCCC(=O)OC1CCCCC1. The van der Waals surface area contributed by atoms with Crippen molar-refractivity contribution in [2.45, 2.75) is 96.2 Å². The van der Waals surface area contributed by atoms with E-state index in [1.54, 1.807) is 0 Å². The van der Waals surface area contributed by atoms with Crippen LogP contribution in [0.3, 0.4) is 0 Å². The minimum atomic E-state index is -1.04. The number of allylic oxidation sites excluding steroid dienone is 1. The Morgan fingerprint density at radius 3 is 2.41 bits per heavy atom. The van der Waals surface area contributed by atoms with E-state index in [2.05, 4.69) is 20.1 Å². The molecular formula is C22H38O5. The van der Waals surface area contributed by atoms with Crippen LogP contribution in [0.1, 0.15) is 84.0 Å². The standard InChI is InChI=1S/C12H20O2.C10H18O3/c1-2-3-5-10-12(13)14-11-8-6-4-7-9-11;1-3-5-6-8-13-10(12)9(11)7-4-2/h2,11H,1,3-10H2;4,9,11H,2-3,5-8H2,1H3. The fraction of sp³-hybridized carbons (Fsp3) is 0.727. The molecule has 1 rings (SSSR count). The van der Waals surface area contributed by atoms with Gasteiger partial charge in [-0.05, 0) is 44.9 Å². The molecule has 0 saturated heterocycles. The summed E-state index contributed by atoms with van der Waals surface area (Å²) in [6.45, 7) is 9.53. The first-order valence-corrected chi connectivity index (χ1v) is 10.3. The van der Waals surface area contributed by atoms with E-state index in [0.717, 1.165) is 44.9 Å². The maximum absolute atomic E-state index is 11.3. The van der Waals surface area contributed by atoms with E-state index in [9.17, 15) is 9.59 Å². The van der Waals surface area contributed by atoms with Crippen molar-refractivity contribution in [2.24, 2.45) is 0 Å². The predicted molar refractivity (Wildman–Crippen MR) is 108 cm³/mol. The molecule has 1 aliphatic carbocycles. The predicted octanol–water partition coefficient (Wildman–Crippen LogP) is 4.88. The van der Waals surface area contributed by atoms with Gasteiger partial charge in [-0.2, -0.15) is 0 Å². The maximum Gasteiger partial charge on any atom is 0.335 e. The lowest BCUT2D eigenvalue weighted by Gasteiger charge is -2.21. The minimum absolute atomic E-state index is 0.0289. The lowest BCUT2D eigenvalue weighted by Crippen LogP contribution is -2.22. The zero-order valence-electron chi connectivity index (χ0n) is 17.0. The third kappa shape index (κ3) is 15.2. The van der Waals surface area contributed by atoms with Crippen LogP contribution >= 0.6 is 0 Å². The molecule has 0 amide bonds. The van der Waals surface area contributed by atoms with E-state index in [1.807, 2.05) is 6.08 Å². The van der Waals surface area contributed by atoms with E-state index in [1.165, 1.54) is 25.3 Å². The van der Waals surface area contributed by atoms with Gasteiger partial charge in [0.05, 0.1) is 6.61 Å². The molecule has 5 heteroatoms. The summed E-state index contributed by atoms with van der Waals surface area (Å²) in [6, 6.07) is 0. The number of carbonyl (C=O) groups is 2. The maximum atomic E-state index is 11.3. The summed E-state index contributed by atoms with van der Waals surface area (Å²) < 4.78 is 10.2. The normalized spacial score (nSPS) is 15.0. The number of unbranched alkanes of at least 4 members (excludes halogenated alkanes) is 3. The van der Waals surface area contributed by atoms with Gasteiger partial charge >= 0.3 is 11.9 Å². The molecule has 1 unspecified atom stereocenters. The van der Waals surface area contributed by atoms with Gasteiger partial charge in [-0.3, -0.25) is 4.79 Å². The smallest absolute Gasteiger partial charge is 0.335 e. The fourth-order valence-electron chi connectivity index (χ4n) is 2.69. The van der Waals surface area contributed by atoms with Gasteiger partial charge in [0.1, 0.15) is 6.10 Å². The van der Waals surface area contributed by atoms with Crippen molar-refractivity contribution in [1.82, 2.24) is 0 Å². The quantitative estimate of drug-likeness (QED) is 0.296. The van der Waals surface area contributed by atoms with Crippen molar-refractivity contribution in [1.29, 1.82) is 0 Å². The van der Waals surface area contributed by atoms with Gasteiger partial charge in [0, 0.05) is 12.8 Å². The zero-order valence-corrected chi connectivity index (χ0v) is 17.0. The van der Waals surface area contributed by atoms with Crippen molar-refractivity contribution in [3.05, 3.63) is 25.3 Å². The molecule has 0 heterocycles. The molecule has 1 N–H and O–H groups in total. The monoisotopic (exact) mass is 382 g/mol. The Morgan fingerprint density at radius 2 is 1.81 bits per heavy atom. The molecule has 0 aromatic carbocycles. The molecule has 1 aliphatic rings. The van der Waals surface area contributed by atoms with Crippen LogP contribution in [0.25, 0.3) is 0 Å². The second-order valence-electron chi connectivity index (χ2n) is 6.85. The Bertz CT molecular complexity index is 413. The molecule has 0 aliphatic heterocycles. The van der Waals surface area contributed by atoms with E-state index >= 15 is 0 Å². The van der Waals surface area contributed by atoms with Gasteiger partial charge in [0.15, 0.2) is 6.10 Å². The van der Waals surface area contributed by atoms with Crippen LogP contribution in [0.2, 0.25) is 0 Å². The lowest BCUT2D eigenvalue weighted by atomic mass is 9.98. The molecule has 1 atom stereocenters. The Balaban J connectivity index is 0.000000503. The summed E-state index contributed by atoms with van der Waals surface area (Å²) in [5, 5.41) is 9.13. The molecule has 0 aromatic rings. The molecule has 0 aromatic heterocycles. The van der Waals surface area contributed by atoms with Crippen molar-refractivity contribution < 1.29 is 24.2 Å². The fourth-order valence-corrected chi connectivity index (χ4v) is 2.69. The topological polar surface area (TPSA) is 72.8 Å². The number of aliphatic hydroxyl groups is 1. The summed E-state index contributed by atoms with van der Waals surface area (Å²) >= 11 is 0. The Labute approximate surface area is 164 Å². The number of carbonyl (C=O) groups excluding carboxylic acids is 2. The lowest BCUT2D eigenvalue weighted by molar-refractivity contribution is -0.153. The first-order chi connectivity index (χ1) is 13.0. The molecule has 27 heavy (non-hydrogen) atoms. The number of hydrogen-bond acceptors (Lipinski definition) is 5. The Kier molecular flexibility index (Phi) is 16.7. The van der Waals surface area contributed by atoms with Crippen molar-refractivity contribution in [3.63, 3.8) is 0 Å². The van der Waals surface area contributed by atoms with Gasteiger partial charge < -0.3 is 14.6 Å². The van der Waals surface area contributed by atoms with E-state index < -0.39 is 12.1 Å². The van der Waals surface area contributed by atoms with Crippen LogP contribution in [0.5, 0.6) is 0 Å². The number of rotatable bonds is 12. The van der Waals surface area contributed by atoms with Crippen molar-refractivity contribution in [2.75, 3.05) is 6.61 Å². The second kappa shape index (κ2) is 17.8. The highest BCUT2D eigenvalue weighted by Crippen LogP contribution is 2.20. The summed E-state index contributed by atoms with van der Waals surface area (Å²) in [7, 11) is 0. The molecule has 1 fully saturated rings. The van der Waals surface area contributed by atoms with E-state index in [0.29, 0.717) is 13.0 Å². The van der Waals surface area contributed by atoms with Crippen LogP contribution in [0.15, 0.2) is 25.3 Å². The number of aliphatic hydroxyl groups excluding tert-OH is 1. The summed E-state index contributed by atoms with van der Waals surface area (Å²) in [6.07, 6.45) is 13.9. The molecule has 0 radical (unpaired) electrons. The second-order valence-corrected chi connectivity index (χ2v) is 6.85. The van der Waals surface area contributed by atoms with Crippen LogP contribution in [0.4, 0.5) is 0 Å². The highest BCUT2D eigenvalue weighted by atomic mass is 16.5. The minimum Gasteiger partial charge on any atom is -0.464 e. The number of hydrogen-bond donors (Lipinski definition) is 1. The highest BCUT2D eigenvalue weighted by molar-refractivity contribution is 5.74. The molecule has 1 saturated carbocycles. The molecule has 156 valence electrons. The molecule has 0 spiro atoms. The average molecular weight is 383 g/mol. The zero-order chi connectivity index (χ0) is 20.3. The highest BCUT2D eigenvalue weighted by Gasteiger charge is 2.17. The average Bonchev–Trinajstić information content (AvgIpc) is 2.67. The van der Waals surface area contributed by atoms with Gasteiger partial charge in [-0.25, -0.2) is 4.79 Å². The Morgan fingerprint density at radius 1 is 1.11 bits per heavy atom. The molecule has 5 nitrogen and oxygen atoms in total. The number of esters is 2. The van der Waals surface area contributed by atoms with Crippen LogP contribution < -0.4 is 0 Å². The number of ether oxygens (including phenoxy) is 2. The van der Waals surface area contributed by atoms with Gasteiger partial charge in [0.2, 0.25) is 0 Å². The third-order valence-corrected chi connectivity index (χ3v) is 4.29. The van der Waals surface area contributed by atoms with Crippen LogP contribution in [-0.2, 0) is 19.1 Å². The third-order valence-electron chi connectivity index (χ3n) is 4.29. The Hall–Kier alpha value is -1.62. The largest absolute Gasteiger partial charge is 0.464 e. The summed E-state index contributed by atoms with van der Waals surface area (Å²) in [5.74, 6) is -0.574. The van der Waals surface area contributed by atoms with Crippen molar-refractivity contribution >= 4 is 11.9 Å². The molecule has 0 bridgehead atoms. The van der Waals surface area contributed by atoms with Gasteiger partial charge in [0.25, 0.3) is 0 Å². The summed E-state index contributed by atoms with van der Waals surface area (Å²) in [4.78, 5) is 22.3. The van der Waals surface area contributed by atoms with Crippen molar-refractivity contribution in [3.8, 4) is 0 Å². The van der Waals surface area contributed by atoms with E-state index in [4.69, 9.17) is 14.6 Å². The van der Waals surface area contributed by atoms with Crippen LogP contribution in [0, 0.1) is 0 Å². The first-order valence-electron chi connectivity index (χ1n) is 10.3. The van der Waals surface area contributed by atoms with E-state index in [-0.39, 0.29) is 18.5 Å². The molecular weight excluding hydrogens is 344 g/mol. The summed E-state index contributed by atoms with van der Waals surface area (Å²) in [5.41, 5.74) is 0. The van der Waals surface area contributed by atoms with Crippen LogP contribution in [-0.4, -0.2) is 35.9 Å².